The minimum atomic E-state index is 0.769. The molecule has 0 radical (unpaired) electrons. The summed E-state index contributed by atoms with van der Waals surface area (Å²) in [4.78, 5) is 13.2. The van der Waals surface area contributed by atoms with Gasteiger partial charge in [-0.05, 0) is 20.4 Å². The number of fused-ring (bicyclic) bond motifs is 1. The molecule has 0 fully saturated rings. The monoisotopic (exact) mass is 193 g/mol. The number of likely N-dealkylation sites (N-methyl/N-ethyl adjacent to an activating group) is 1. The minimum Gasteiger partial charge on any atom is -0.300 e. The van der Waals surface area contributed by atoms with Gasteiger partial charge in [0.05, 0.1) is 5.69 Å². The molecule has 2 rings (SSSR count). The Hall–Kier alpha value is -1.16. The molecule has 0 saturated carbocycles. The third-order valence-corrected chi connectivity index (χ3v) is 2.75. The third-order valence-electron chi connectivity index (χ3n) is 2.75. The molecule has 0 N–H and O–H groups in total. The lowest BCUT2D eigenvalue weighted by molar-refractivity contribution is 0.111. The van der Waals surface area contributed by atoms with Crippen LogP contribution >= 0.6 is 0 Å². The summed E-state index contributed by atoms with van der Waals surface area (Å²) >= 11 is 0. The number of aryl methyl sites for hydroxylation is 1. The topological polar surface area (TPSA) is 38.1 Å². The van der Waals surface area contributed by atoms with Gasteiger partial charge in [0.25, 0.3) is 0 Å². The Balaban J connectivity index is 2.45. The third kappa shape index (κ3) is 1.35. The average molecular weight is 193 g/mol. The largest absolute Gasteiger partial charge is 0.300 e. The van der Waals surface area contributed by atoms with E-state index in [-0.39, 0.29) is 0 Å². The number of rotatable bonds is 2. The normalized spacial score (nSPS) is 16.7. The summed E-state index contributed by atoms with van der Waals surface area (Å²) in [7, 11) is 2.08. The fourth-order valence-corrected chi connectivity index (χ4v) is 1.97. The van der Waals surface area contributed by atoms with E-state index < -0.39 is 0 Å². The van der Waals surface area contributed by atoms with Gasteiger partial charge < -0.3 is 4.90 Å². The molecule has 0 aromatic carbocycles. The molecule has 0 atom stereocenters. The van der Waals surface area contributed by atoms with E-state index in [1.54, 1.807) is 4.68 Å². The summed E-state index contributed by atoms with van der Waals surface area (Å²) in [6, 6.07) is 0. The molecule has 4 heteroatoms. The Morgan fingerprint density at radius 2 is 2.36 bits per heavy atom. The maximum atomic E-state index is 10.9. The molecule has 0 spiro atoms. The first-order valence-corrected chi connectivity index (χ1v) is 4.98. The number of carbonyl (C=O) groups is 1. The molecule has 14 heavy (non-hydrogen) atoms. The fourth-order valence-electron chi connectivity index (χ4n) is 1.97. The predicted molar refractivity (Wildman–Crippen MR) is 53.3 cm³/mol. The van der Waals surface area contributed by atoms with E-state index >= 15 is 0 Å². The first-order chi connectivity index (χ1) is 6.76. The van der Waals surface area contributed by atoms with Crippen molar-refractivity contribution in [1.82, 2.24) is 14.7 Å². The Bertz CT molecular complexity index is 356. The van der Waals surface area contributed by atoms with Crippen LogP contribution in [0.3, 0.4) is 0 Å². The second-order valence-electron chi connectivity index (χ2n) is 3.73. The highest BCUT2D eigenvalue weighted by molar-refractivity contribution is 5.75. The van der Waals surface area contributed by atoms with Gasteiger partial charge in [-0.3, -0.25) is 9.48 Å². The van der Waals surface area contributed by atoms with Crippen molar-refractivity contribution in [2.45, 2.75) is 26.4 Å². The summed E-state index contributed by atoms with van der Waals surface area (Å²) in [6.07, 6.45) is 1.88. The summed E-state index contributed by atoms with van der Waals surface area (Å²) in [6.45, 7) is 4.66. The van der Waals surface area contributed by atoms with Crippen molar-refractivity contribution in [2.24, 2.45) is 0 Å². The van der Waals surface area contributed by atoms with Crippen LogP contribution in [0.25, 0.3) is 0 Å². The number of aldehydes is 1. The lowest BCUT2D eigenvalue weighted by atomic mass is 10.1. The molecule has 1 aromatic rings. The summed E-state index contributed by atoms with van der Waals surface area (Å²) in [5.74, 6) is 0. The van der Waals surface area contributed by atoms with Crippen LogP contribution in [0.5, 0.6) is 0 Å². The maximum Gasteiger partial charge on any atom is 0.168 e. The number of carbonyl (C=O) groups excluding carboxylic acids is 1. The van der Waals surface area contributed by atoms with Gasteiger partial charge in [0.15, 0.2) is 6.29 Å². The molecule has 0 saturated heterocycles. The Labute approximate surface area is 83.5 Å². The molecule has 0 aliphatic carbocycles. The highest BCUT2D eigenvalue weighted by atomic mass is 16.1. The summed E-state index contributed by atoms with van der Waals surface area (Å²) < 4.78 is 1.80. The first-order valence-electron chi connectivity index (χ1n) is 4.98. The maximum absolute atomic E-state index is 10.9. The van der Waals surface area contributed by atoms with Gasteiger partial charge in [-0.2, -0.15) is 5.10 Å². The Morgan fingerprint density at radius 1 is 1.57 bits per heavy atom. The van der Waals surface area contributed by atoms with Gasteiger partial charge in [0.2, 0.25) is 0 Å². The second kappa shape index (κ2) is 3.53. The predicted octanol–water partition coefficient (Wildman–Crippen LogP) is 0.703. The molecule has 0 amide bonds. The molecule has 1 aliphatic rings. The van der Waals surface area contributed by atoms with Crippen LogP contribution in [-0.4, -0.2) is 34.6 Å². The van der Waals surface area contributed by atoms with Crippen LogP contribution < -0.4 is 0 Å². The zero-order valence-electron chi connectivity index (χ0n) is 8.66. The van der Waals surface area contributed by atoms with Crippen molar-refractivity contribution < 1.29 is 4.79 Å². The van der Waals surface area contributed by atoms with E-state index in [1.165, 1.54) is 0 Å². The van der Waals surface area contributed by atoms with Crippen molar-refractivity contribution >= 4 is 6.29 Å². The van der Waals surface area contributed by atoms with Gasteiger partial charge in [0, 0.05) is 25.2 Å². The van der Waals surface area contributed by atoms with Crippen LogP contribution in [0.15, 0.2) is 0 Å². The molecule has 4 nitrogen and oxygen atoms in total. The highest BCUT2D eigenvalue weighted by Crippen LogP contribution is 2.19. The van der Waals surface area contributed by atoms with Crippen LogP contribution in [0.1, 0.15) is 28.7 Å². The number of hydrogen-bond donors (Lipinski definition) is 0. The van der Waals surface area contributed by atoms with Crippen molar-refractivity contribution in [2.75, 3.05) is 13.6 Å². The van der Waals surface area contributed by atoms with E-state index in [1.807, 2.05) is 6.92 Å². The SMILES string of the molecule is CCn1nc2c(c1C=O)CCN(C)C2. The van der Waals surface area contributed by atoms with Crippen molar-refractivity contribution in [3.63, 3.8) is 0 Å². The van der Waals surface area contributed by atoms with Crippen molar-refractivity contribution in [3.05, 3.63) is 17.0 Å². The van der Waals surface area contributed by atoms with Crippen LogP contribution in [-0.2, 0) is 19.5 Å². The number of aromatic nitrogens is 2. The lowest BCUT2D eigenvalue weighted by Gasteiger charge is -2.20. The van der Waals surface area contributed by atoms with Gasteiger partial charge in [0.1, 0.15) is 5.69 Å². The van der Waals surface area contributed by atoms with E-state index in [0.29, 0.717) is 0 Å². The van der Waals surface area contributed by atoms with Gasteiger partial charge in [-0.15, -0.1) is 0 Å². The van der Waals surface area contributed by atoms with Gasteiger partial charge in [-0.1, -0.05) is 0 Å². The summed E-state index contributed by atoms with van der Waals surface area (Å²) in [5, 5.41) is 4.43. The zero-order valence-corrected chi connectivity index (χ0v) is 8.66. The quantitative estimate of drug-likeness (QED) is 0.649. The molecular weight excluding hydrogens is 178 g/mol. The smallest absolute Gasteiger partial charge is 0.168 e. The standard InChI is InChI=1S/C10H15N3O/c1-3-13-10(7-14)8-4-5-12(2)6-9(8)11-13/h7H,3-6H2,1-2H3. The number of nitrogens with zero attached hydrogens (tertiary/aromatic N) is 3. The molecule has 2 heterocycles. The minimum absolute atomic E-state index is 0.769. The van der Waals surface area contributed by atoms with Crippen LogP contribution in [0.2, 0.25) is 0 Å². The average Bonchev–Trinajstić information content (AvgIpc) is 2.54. The molecule has 76 valence electrons. The molecule has 0 unspecified atom stereocenters. The van der Waals surface area contributed by atoms with Gasteiger partial charge >= 0.3 is 0 Å². The number of hydrogen-bond acceptors (Lipinski definition) is 3. The van der Waals surface area contributed by atoms with E-state index in [0.717, 1.165) is 49.3 Å². The fraction of sp³-hybridized carbons (Fsp3) is 0.600. The highest BCUT2D eigenvalue weighted by Gasteiger charge is 2.21. The Morgan fingerprint density at radius 3 is 3.00 bits per heavy atom. The first kappa shape index (κ1) is 9.40. The molecule has 1 aliphatic heterocycles. The Kier molecular flexibility index (Phi) is 2.37. The summed E-state index contributed by atoms with van der Waals surface area (Å²) in [5.41, 5.74) is 3.00. The van der Waals surface area contributed by atoms with Crippen LogP contribution in [0.4, 0.5) is 0 Å². The molecule has 1 aromatic heterocycles. The molecular formula is C10H15N3O. The van der Waals surface area contributed by atoms with Crippen molar-refractivity contribution in [1.29, 1.82) is 0 Å². The van der Waals surface area contributed by atoms with Crippen LogP contribution in [0, 0.1) is 0 Å². The zero-order chi connectivity index (χ0) is 10.1. The van der Waals surface area contributed by atoms with Gasteiger partial charge in [-0.25, -0.2) is 0 Å². The molecule has 0 bridgehead atoms. The van der Waals surface area contributed by atoms with Crippen molar-refractivity contribution in [3.8, 4) is 0 Å². The van der Waals surface area contributed by atoms with E-state index in [4.69, 9.17) is 0 Å². The van der Waals surface area contributed by atoms with E-state index in [2.05, 4.69) is 17.0 Å². The van der Waals surface area contributed by atoms with E-state index in [9.17, 15) is 4.79 Å². The second-order valence-corrected chi connectivity index (χ2v) is 3.73. The lowest BCUT2D eigenvalue weighted by Crippen LogP contribution is -2.26.